The minimum absolute atomic E-state index is 0.698. The number of fused-ring (bicyclic) bond motifs is 1. The zero-order chi connectivity index (χ0) is 14.1. The molecule has 1 heteroatoms. The summed E-state index contributed by atoms with van der Waals surface area (Å²) in [5.41, 5.74) is 7.76. The second kappa shape index (κ2) is 5.19. The SMILES string of the molecule is C1=Cc2ccccc2/C1=C1\COC\C1=C/c1ccccc1. The first-order valence-electron chi connectivity index (χ1n) is 7.26. The third kappa shape index (κ3) is 2.26. The van der Waals surface area contributed by atoms with E-state index >= 15 is 0 Å². The third-order valence-electron chi connectivity index (χ3n) is 4.04. The molecule has 0 atom stereocenters. The summed E-state index contributed by atoms with van der Waals surface area (Å²) in [5, 5.41) is 0. The van der Waals surface area contributed by atoms with Crippen LogP contribution in [-0.4, -0.2) is 13.2 Å². The van der Waals surface area contributed by atoms with Gasteiger partial charge in [-0.15, -0.1) is 0 Å². The van der Waals surface area contributed by atoms with E-state index in [4.69, 9.17) is 4.74 Å². The van der Waals surface area contributed by atoms with Crippen molar-refractivity contribution in [1.29, 1.82) is 0 Å². The summed E-state index contributed by atoms with van der Waals surface area (Å²) >= 11 is 0. The average Bonchev–Trinajstić information content (AvgIpc) is 3.14. The van der Waals surface area contributed by atoms with Crippen molar-refractivity contribution in [1.82, 2.24) is 0 Å². The van der Waals surface area contributed by atoms with Crippen molar-refractivity contribution in [3.63, 3.8) is 0 Å². The summed E-state index contributed by atoms with van der Waals surface area (Å²) in [6, 6.07) is 19.0. The Labute approximate surface area is 124 Å². The Morgan fingerprint density at radius 2 is 1.62 bits per heavy atom. The minimum atomic E-state index is 0.698. The van der Waals surface area contributed by atoms with Gasteiger partial charge in [-0.2, -0.15) is 0 Å². The van der Waals surface area contributed by atoms with Gasteiger partial charge in [0.15, 0.2) is 0 Å². The molecule has 1 heterocycles. The van der Waals surface area contributed by atoms with Crippen LogP contribution in [0.15, 0.2) is 71.8 Å². The highest BCUT2D eigenvalue weighted by Gasteiger charge is 2.21. The maximum Gasteiger partial charge on any atom is 0.0731 e. The van der Waals surface area contributed by atoms with E-state index in [0.29, 0.717) is 13.2 Å². The largest absolute Gasteiger partial charge is 0.372 e. The number of hydrogen-bond acceptors (Lipinski definition) is 1. The number of hydrogen-bond donors (Lipinski definition) is 0. The third-order valence-corrected chi connectivity index (χ3v) is 4.04. The van der Waals surface area contributed by atoms with Gasteiger partial charge in [0.05, 0.1) is 13.2 Å². The summed E-state index contributed by atoms with van der Waals surface area (Å²) in [4.78, 5) is 0. The molecule has 1 nitrogen and oxygen atoms in total. The summed E-state index contributed by atoms with van der Waals surface area (Å²) in [6.45, 7) is 1.40. The van der Waals surface area contributed by atoms with Crippen LogP contribution in [0.2, 0.25) is 0 Å². The van der Waals surface area contributed by atoms with Crippen LogP contribution in [0.4, 0.5) is 0 Å². The lowest BCUT2D eigenvalue weighted by Gasteiger charge is -2.06. The molecule has 1 fully saturated rings. The van der Waals surface area contributed by atoms with Gasteiger partial charge < -0.3 is 4.74 Å². The average molecular weight is 272 g/mol. The van der Waals surface area contributed by atoms with Crippen LogP contribution >= 0.6 is 0 Å². The molecule has 0 N–H and O–H groups in total. The Hall–Kier alpha value is -2.38. The quantitative estimate of drug-likeness (QED) is 0.738. The zero-order valence-corrected chi connectivity index (χ0v) is 11.8. The van der Waals surface area contributed by atoms with Crippen LogP contribution in [0.3, 0.4) is 0 Å². The molecule has 2 aromatic rings. The van der Waals surface area contributed by atoms with E-state index in [2.05, 4.69) is 66.8 Å². The Morgan fingerprint density at radius 3 is 2.52 bits per heavy atom. The molecule has 0 spiro atoms. The molecular weight excluding hydrogens is 256 g/mol. The highest BCUT2D eigenvalue weighted by Crippen LogP contribution is 2.36. The topological polar surface area (TPSA) is 9.23 Å². The normalized spacial score (nSPS) is 22.0. The first kappa shape index (κ1) is 12.4. The smallest absolute Gasteiger partial charge is 0.0731 e. The zero-order valence-electron chi connectivity index (χ0n) is 11.8. The van der Waals surface area contributed by atoms with E-state index in [9.17, 15) is 0 Å². The van der Waals surface area contributed by atoms with Gasteiger partial charge in [-0.25, -0.2) is 0 Å². The lowest BCUT2D eigenvalue weighted by molar-refractivity contribution is 0.215. The van der Waals surface area contributed by atoms with E-state index in [1.165, 1.54) is 33.4 Å². The van der Waals surface area contributed by atoms with Gasteiger partial charge in [0, 0.05) is 0 Å². The van der Waals surface area contributed by atoms with Crippen molar-refractivity contribution < 1.29 is 4.74 Å². The monoisotopic (exact) mass is 272 g/mol. The highest BCUT2D eigenvalue weighted by atomic mass is 16.5. The van der Waals surface area contributed by atoms with Crippen LogP contribution < -0.4 is 0 Å². The van der Waals surface area contributed by atoms with E-state index in [-0.39, 0.29) is 0 Å². The Balaban J connectivity index is 1.80. The van der Waals surface area contributed by atoms with Gasteiger partial charge >= 0.3 is 0 Å². The maximum absolute atomic E-state index is 5.71. The van der Waals surface area contributed by atoms with Crippen LogP contribution in [-0.2, 0) is 4.74 Å². The highest BCUT2D eigenvalue weighted by molar-refractivity contribution is 5.93. The summed E-state index contributed by atoms with van der Waals surface area (Å²) in [7, 11) is 0. The van der Waals surface area contributed by atoms with Crippen LogP contribution in [0.25, 0.3) is 17.7 Å². The molecule has 0 unspecified atom stereocenters. The van der Waals surface area contributed by atoms with Gasteiger partial charge in [0.2, 0.25) is 0 Å². The van der Waals surface area contributed by atoms with Gasteiger partial charge in [-0.05, 0) is 39.5 Å². The van der Waals surface area contributed by atoms with Gasteiger partial charge in [0.1, 0.15) is 0 Å². The molecule has 4 rings (SSSR count). The first-order valence-corrected chi connectivity index (χ1v) is 7.26. The summed E-state index contributed by atoms with van der Waals surface area (Å²) in [6.07, 6.45) is 6.65. The van der Waals surface area contributed by atoms with Gasteiger partial charge in [-0.1, -0.05) is 66.7 Å². The molecule has 1 aliphatic heterocycles. The molecule has 0 radical (unpaired) electrons. The molecular formula is C20H16O. The van der Waals surface area contributed by atoms with Crippen molar-refractivity contribution in [2.45, 2.75) is 0 Å². The van der Waals surface area contributed by atoms with Crippen molar-refractivity contribution in [3.05, 3.63) is 88.5 Å². The lowest BCUT2D eigenvalue weighted by Crippen LogP contribution is -1.91. The second-order valence-corrected chi connectivity index (χ2v) is 5.39. The molecule has 2 aromatic carbocycles. The van der Waals surface area contributed by atoms with E-state index < -0.39 is 0 Å². The van der Waals surface area contributed by atoms with Gasteiger partial charge in [-0.3, -0.25) is 0 Å². The molecule has 0 aromatic heterocycles. The first-order chi connectivity index (χ1) is 10.4. The minimum Gasteiger partial charge on any atom is -0.372 e. The van der Waals surface area contributed by atoms with Crippen LogP contribution in [0.5, 0.6) is 0 Å². The molecule has 2 aliphatic rings. The Bertz CT molecular complexity index is 763. The van der Waals surface area contributed by atoms with E-state index in [0.717, 1.165) is 0 Å². The van der Waals surface area contributed by atoms with Gasteiger partial charge in [0.25, 0.3) is 0 Å². The van der Waals surface area contributed by atoms with Crippen LogP contribution in [0, 0.1) is 0 Å². The van der Waals surface area contributed by atoms with Crippen molar-refractivity contribution >= 4 is 17.7 Å². The van der Waals surface area contributed by atoms with Crippen LogP contribution in [0.1, 0.15) is 16.7 Å². The summed E-state index contributed by atoms with van der Waals surface area (Å²) < 4.78 is 5.71. The maximum atomic E-state index is 5.71. The molecule has 1 aliphatic carbocycles. The Morgan fingerprint density at radius 1 is 0.810 bits per heavy atom. The Kier molecular flexibility index (Phi) is 3.06. The number of ether oxygens (including phenoxy) is 1. The molecule has 0 saturated carbocycles. The lowest BCUT2D eigenvalue weighted by atomic mass is 9.96. The fraction of sp³-hybridized carbons (Fsp3) is 0.100. The summed E-state index contributed by atoms with van der Waals surface area (Å²) in [5.74, 6) is 0. The number of allylic oxidation sites excluding steroid dienone is 2. The molecule has 0 bridgehead atoms. The van der Waals surface area contributed by atoms with Crippen molar-refractivity contribution in [3.8, 4) is 0 Å². The standard InChI is InChI=1S/C20H16O/c1-2-6-15(7-3-1)12-17-13-21-14-20(17)19-11-10-16-8-4-5-9-18(16)19/h1-12H,13-14H2/b17-12+,20-19+. The predicted molar refractivity (Wildman–Crippen MR) is 87.6 cm³/mol. The molecule has 21 heavy (non-hydrogen) atoms. The molecule has 1 saturated heterocycles. The number of benzene rings is 2. The van der Waals surface area contributed by atoms with Crippen molar-refractivity contribution in [2.24, 2.45) is 0 Å². The van der Waals surface area contributed by atoms with Crippen molar-refractivity contribution in [2.75, 3.05) is 13.2 Å². The predicted octanol–water partition coefficient (Wildman–Crippen LogP) is 4.58. The fourth-order valence-corrected chi connectivity index (χ4v) is 2.99. The van der Waals surface area contributed by atoms with E-state index in [1.54, 1.807) is 0 Å². The van der Waals surface area contributed by atoms with E-state index in [1.807, 2.05) is 6.07 Å². The molecule has 102 valence electrons. The molecule has 0 amide bonds. The second-order valence-electron chi connectivity index (χ2n) is 5.39. The number of rotatable bonds is 1. The fourth-order valence-electron chi connectivity index (χ4n) is 2.99.